The van der Waals surface area contributed by atoms with Gasteiger partial charge in [0.15, 0.2) is 0 Å². The molecule has 0 bridgehead atoms. The van der Waals surface area contributed by atoms with Crippen LogP contribution in [0.1, 0.15) is 105 Å². The molecule has 0 unspecified atom stereocenters. The Morgan fingerprint density at radius 1 is 1.11 bits per heavy atom. The quantitative estimate of drug-likeness (QED) is 0.520. The third-order valence-corrected chi connectivity index (χ3v) is 10.1. The van der Waals surface area contributed by atoms with E-state index in [9.17, 15) is 19.5 Å². The molecule has 0 radical (unpaired) electrons. The van der Waals surface area contributed by atoms with Crippen LogP contribution < -0.4 is 10.2 Å². The first-order valence-corrected chi connectivity index (χ1v) is 14.3. The molecule has 1 aliphatic heterocycles. The monoisotopic (exact) mass is 498 g/mol. The molecule has 2 heterocycles. The van der Waals surface area contributed by atoms with E-state index in [1.165, 1.54) is 23.3 Å². The first kappa shape index (κ1) is 24.5. The van der Waals surface area contributed by atoms with Gasteiger partial charge in [-0.3, -0.25) is 9.59 Å². The van der Waals surface area contributed by atoms with Crippen molar-refractivity contribution in [1.82, 2.24) is 5.32 Å². The van der Waals surface area contributed by atoms with Crippen molar-refractivity contribution >= 4 is 40.4 Å². The Labute approximate surface area is 212 Å². The molecule has 5 rings (SSSR count). The number of carboxylic acids is 1. The Balaban J connectivity index is 1.47. The minimum absolute atomic E-state index is 0.00488. The van der Waals surface area contributed by atoms with E-state index in [4.69, 9.17) is 0 Å². The van der Waals surface area contributed by atoms with Gasteiger partial charge in [0.05, 0.1) is 5.69 Å². The van der Waals surface area contributed by atoms with Gasteiger partial charge in [0.1, 0.15) is 4.88 Å². The molecule has 1 saturated heterocycles. The van der Waals surface area contributed by atoms with Crippen LogP contribution in [-0.4, -0.2) is 35.5 Å². The van der Waals surface area contributed by atoms with Crippen molar-refractivity contribution in [2.24, 2.45) is 17.3 Å². The minimum atomic E-state index is -0.944. The fraction of sp³-hybridized carbons (Fsp3) is 0.679. The average molecular weight is 499 g/mol. The van der Waals surface area contributed by atoms with Crippen molar-refractivity contribution in [3.63, 3.8) is 0 Å². The molecule has 2 N–H and O–H groups in total. The van der Waals surface area contributed by atoms with E-state index in [1.54, 1.807) is 0 Å². The summed E-state index contributed by atoms with van der Waals surface area (Å²) in [6.45, 7) is 2.98. The molecular weight excluding hydrogens is 460 g/mol. The third kappa shape index (κ3) is 5.07. The SMILES string of the molecule is C[C@H]1CC[C@H](C(=O)N(c2cc(C3=CCCCC3)sc2C(=O)O)[C@H]2CC[C@]3(CC2)CNC(=O)C3)CC1. The molecule has 6 nitrogen and oxygen atoms in total. The second-order valence-corrected chi connectivity index (χ2v) is 12.5. The number of nitrogens with zero attached hydrogens (tertiary/aromatic N) is 1. The molecule has 35 heavy (non-hydrogen) atoms. The van der Waals surface area contributed by atoms with E-state index >= 15 is 0 Å². The summed E-state index contributed by atoms with van der Waals surface area (Å²) in [5.74, 6) is -0.0849. The fourth-order valence-corrected chi connectivity index (χ4v) is 7.77. The van der Waals surface area contributed by atoms with Crippen LogP contribution in [0.4, 0.5) is 5.69 Å². The summed E-state index contributed by atoms with van der Waals surface area (Å²) < 4.78 is 0. The van der Waals surface area contributed by atoms with Gasteiger partial charge in [0.25, 0.3) is 0 Å². The zero-order valence-electron chi connectivity index (χ0n) is 20.8. The molecule has 3 aliphatic carbocycles. The summed E-state index contributed by atoms with van der Waals surface area (Å²) >= 11 is 1.33. The van der Waals surface area contributed by atoms with Crippen molar-refractivity contribution in [2.75, 3.05) is 11.4 Å². The highest BCUT2D eigenvalue weighted by atomic mass is 32.1. The summed E-state index contributed by atoms with van der Waals surface area (Å²) in [5, 5.41) is 13.2. The van der Waals surface area contributed by atoms with Crippen LogP contribution >= 0.6 is 11.3 Å². The maximum Gasteiger partial charge on any atom is 0.348 e. The van der Waals surface area contributed by atoms with E-state index < -0.39 is 5.97 Å². The van der Waals surface area contributed by atoms with Gasteiger partial charge >= 0.3 is 5.97 Å². The zero-order chi connectivity index (χ0) is 24.6. The zero-order valence-corrected chi connectivity index (χ0v) is 21.6. The minimum Gasteiger partial charge on any atom is -0.477 e. The lowest BCUT2D eigenvalue weighted by Gasteiger charge is -2.42. The van der Waals surface area contributed by atoms with E-state index in [1.807, 2.05) is 11.0 Å². The van der Waals surface area contributed by atoms with Crippen LogP contribution in [0.2, 0.25) is 0 Å². The number of rotatable bonds is 5. The second-order valence-electron chi connectivity index (χ2n) is 11.5. The van der Waals surface area contributed by atoms with Crippen LogP contribution in [0, 0.1) is 17.3 Å². The van der Waals surface area contributed by atoms with Gasteiger partial charge in [-0.05, 0) is 100 Å². The summed E-state index contributed by atoms with van der Waals surface area (Å²) in [5.41, 5.74) is 1.84. The number of thiophene rings is 1. The molecular formula is C28H38N2O4S. The van der Waals surface area contributed by atoms with Gasteiger partial charge in [0, 0.05) is 29.8 Å². The molecule has 190 valence electrons. The van der Waals surface area contributed by atoms with Gasteiger partial charge < -0.3 is 15.3 Å². The standard InChI is InChI=1S/C28H38N2O4S/c1-18-7-9-20(10-8-18)26(32)30(21-11-13-28(14-12-21)16-24(31)29-17-28)22-15-23(35-25(22)27(33)34)19-5-3-2-4-6-19/h5,15,18,20-21H,2-4,6-14,16-17H2,1H3,(H,29,31)(H,33,34)/t18-,20-,21-,28+. The normalized spacial score (nSPS) is 31.2. The number of amides is 2. The molecule has 2 saturated carbocycles. The maximum absolute atomic E-state index is 14.1. The van der Waals surface area contributed by atoms with Crippen molar-refractivity contribution < 1.29 is 19.5 Å². The Morgan fingerprint density at radius 2 is 1.86 bits per heavy atom. The van der Waals surface area contributed by atoms with E-state index in [2.05, 4.69) is 18.3 Å². The molecule has 0 aromatic carbocycles. The fourth-order valence-electron chi connectivity index (χ4n) is 6.71. The van der Waals surface area contributed by atoms with Gasteiger partial charge in [-0.15, -0.1) is 11.3 Å². The number of anilines is 1. The van der Waals surface area contributed by atoms with Crippen molar-refractivity contribution in [3.05, 3.63) is 21.9 Å². The van der Waals surface area contributed by atoms with Crippen LogP contribution in [0.5, 0.6) is 0 Å². The lowest BCUT2D eigenvalue weighted by Crippen LogP contribution is -2.48. The van der Waals surface area contributed by atoms with E-state index in [0.717, 1.165) is 82.1 Å². The molecule has 0 atom stereocenters. The van der Waals surface area contributed by atoms with Crippen LogP contribution in [0.15, 0.2) is 12.1 Å². The molecule has 2 amide bonds. The molecule has 1 spiro atoms. The highest BCUT2D eigenvalue weighted by Gasteiger charge is 2.44. The van der Waals surface area contributed by atoms with E-state index in [-0.39, 0.29) is 29.2 Å². The van der Waals surface area contributed by atoms with Crippen LogP contribution in [-0.2, 0) is 9.59 Å². The summed E-state index contributed by atoms with van der Waals surface area (Å²) in [6, 6.07) is 1.99. The summed E-state index contributed by atoms with van der Waals surface area (Å²) in [4.78, 5) is 41.6. The number of aromatic carboxylic acids is 1. The lowest BCUT2D eigenvalue weighted by molar-refractivity contribution is -0.124. The number of carboxylic acid groups (broad SMARTS) is 1. The highest BCUT2D eigenvalue weighted by molar-refractivity contribution is 7.15. The topological polar surface area (TPSA) is 86.7 Å². The molecule has 1 aromatic rings. The lowest BCUT2D eigenvalue weighted by atomic mass is 9.71. The van der Waals surface area contributed by atoms with Gasteiger partial charge in [-0.2, -0.15) is 0 Å². The first-order chi connectivity index (χ1) is 16.8. The number of carbonyl (C=O) groups is 3. The van der Waals surface area contributed by atoms with Crippen LogP contribution in [0.25, 0.3) is 5.57 Å². The second kappa shape index (κ2) is 10.1. The number of carbonyl (C=O) groups excluding carboxylic acids is 2. The summed E-state index contributed by atoms with van der Waals surface area (Å²) in [7, 11) is 0. The Morgan fingerprint density at radius 3 is 2.46 bits per heavy atom. The highest BCUT2D eigenvalue weighted by Crippen LogP contribution is 2.46. The Hall–Kier alpha value is -2.15. The van der Waals surface area contributed by atoms with Crippen molar-refractivity contribution in [2.45, 2.75) is 96.4 Å². The number of allylic oxidation sites excluding steroid dienone is 2. The predicted molar refractivity (Wildman–Crippen MR) is 139 cm³/mol. The first-order valence-electron chi connectivity index (χ1n) is 13.5. The summed E-state index contributed by atoms with van der Waals surface area (Å²) in [6.07, 6.45) is 14.4. The number of hydrogen-bond acceptors (Lipinski definition) is 4. The smallest absolute Gasteiger partial charge is 0.348 e. The largest absolute Gasteiger partial charge is 0.477 e. The number of hydrogen-bond donors (Lipinski definition) is 2. The van der Waals surface area contributed by atoms with Crippen LogP contribution in [0.3, 0.4) is 0 Å². The Kier molecular flexibility index (Phi) is 7.06. The Bertz CT molecular complexity index is 1010. The van der Waals surface area contributed by atoms with Crippen molar-refractivity contribution in [1.29, 1.82) is 0 Å². The van der Waals surface area contributed by atoms with Gasteiger partial charge in [0.2, 0.25) is 11.8 Å². The third-order valence-electron chi connectivity index (χ3n) is 8.95. The molecule has 1 aromatic heterocycles. The van der Waals surface area contributed by atoms with Gasteiger partial charge in [-0.25, -0.2) is 4.79 Å². The predicted octanol–water partition coefficient (Wildman–Crippen LogP) is 6.01. The molecule has 4 aliphatic rings. The van der Waals surface area contributed by atoms with Crippen molar-refractivity contribution in [3.8, 4) is 0 Å². The van der Waals surface area contributed by atoms with Gasteiger partial charge in [-0.1, -0.05) is 13.0 Å². The number of nitrogens with one attached hydrogen (secondary N) is 1. The van der Waals surface area contributed by atoms with E-state index in [0.29, 0.717) is 22.9 Å². The molecule has 7 heteroatoms. The average Bonchev–Trinajstić information content (AvgIpc) is 3.46. The maximum atomic E-state index is 14.1. The molecule has 3 fully saturated rings.